The van der Waals surface area contributed by atoms with Gasteiger partial charge in [0, 0.05) is 11.9 Å². The number of esters is 2. The summed E-state index contributed by atoms with van der Waals surface area (Å²) in [6.45, 7) is 2.51. The van der Waals surface area contributed by atoms with Gasteiger partial charge in [0.25, 0.3) is 5.56 Å². The second kappa shape index (κ2) is 11.7. The van der Waals surface area contributed by atoms with E-state index >= 15 is 0 Å². The number of fused-ring (bicyclic) bond motifs is 1. The predicted octanol–water partition coefficient (Wildman–Crippen LogP) is 4.53. The molecule has 3 aromatic rings. The van der Waals surface area contributed by atoms with Crippen molar-refractivity contribution in [1.29, 1.82) is 0 Å². The molecule has 0 aliphatic carbocycles. The Kier molecular flexibility index (Phi) is 8.75. The van der Waals surface area contributed by atoms with Crippen molar-refractivity contribution in [2.24, 2.45) is 4.99 Å². The van der Waals surface area contributed by atoms with Crippen LogP contribution in [0.5, 0.6) is 11.5 Å². The van der Waals surface area contributed by atoms with Crippen LogP contribution in [0, 0.1) is 3.57 Å². The van der Waals surface area contributed by atoms with Crippen LogP contribution in [0.25, 0.3) is 6.08 Å². The first-order chi connectivity index (χ1) is 18.8. The Hall–Kier alpha value is -3.17. The van der Waals surface area contributed by atoms with Crippen molar-refractivity contribution in [2.45, 2.75) is 26.1 Å². The van der Waals surface area contributed by atoms with Gasteiger partial charge in [-0.1, -0.05) is 35.1 Å². The number of ether oxygens (including phenoxy) is 3. The Labute approximate surface area is 247 Å². The number of hydrogen-bond donors (Lipinski definition) is 0. The molecule has 8 nitrogen and oxygen atoms in total. The molecule has 0 unspecified atom stereocenters. The molecule has 0 N–H and O–H groups in total. The summed E-state index contributed by atoms with van der Waals surface area (Å²) in [4.78, 5) is 41.6. The molecule has 0 saturated heterocycles. The molecule has 1 aliphatic heterocycles. The number of allylic oxidation sites excluding steroid dienone is 1. The molecule has 4 rings (SSSR count). The summed E-state index contributed by atoms with van der Waals surface area (Å²) in [6.07, 6.45) is -3.57. The van der Waals surface area contributed by atoms with Gasteiger partial charge in [0.15, 0.2) is 22.0 Å². The summed E-state index contributed by atoms with van der Waals surface area (Å²) < 4.78 is 59.7. The minimum atomic E-state index is -5.02. The smallest absolute Gasteiger partial charge is 0.434 e. The zero-order chi connectivity index (χ0) is 29.4. The van der Waals surface area contributed by atoms with E-state index in [0.717, 1.165) is 15.9 Å². The molecule has 0 spiro atoms. The lowest BCUT2D eigenvalue weighted by molar-refractivity contribution is -0.140. The Morgan fingerprint density at radius 3 is 2.48 bits per heavy atom. The van der Waals surface area contributed by atoms with Crippen LogP contribution in [-0.2, 0) is 14.3 Å². The second-order valence-corrected chi connectivity index (χ2v) is 10.9. The molecule has 0 amide bonds. The minimum Gasteiger partial charge on any atom is -0.493 e. The van der Waals surface area contributed by atoms with Crippen molar-refractivity contribution >= 4 is 63.5 Å². The molecule has 1 atom stereocenters. The third-order valence-electron chi connectivity index (χ3n) is 5.58. The molecule has 0 radical (unpaired) electrons. The molecule has 0 fully saturated rings. The summed E-state index contributed by atoms with van der Waals surface area (Å²) in [5.74, 6) is -1.40. The van der Waals surface area contributed by atoms with E-state index in [9.17, 15) is 27.6 Å². The van der Waals surface area contributed by atoms with Crippen LogP contribution in [0.3, 0.4) is 0 Å². The largest absolute Gasteiger partial charge is 0.493 e. The van der Waals surface area contributed by atoms with E-state index in [4.69, 9.17) is 25.8 Å². The van der Waals surface area contributed by atoms with Gasteiger partial charge in [-0.2, -0.15) is 13.2 Å². The zero-order valence-electron chi connectivity index (χ0n) is 21.0. The summed E-state index contributed by atoms with van der Waals surface area (Å²) in [5, 5.41) is 0.314. The highest BCUT2D eigenvalue weighted by Gasteiger charge is 2.45. The number of alkyl halides is 3. The van der Waals surface area contributed by atoms with Gasteiger partial charge in [-0.15, -0.1) is 0 Å². The van der Waals surface area contributed by atoms with E-state index in [2.05, 4.69) is 4.99 Å². The van der Waals surface area contributed by atoms with Crippen molar-refractivity contribution in [2.75, 3.05) is 13.7 Å². The molecular formula is C26H19ClF3IN2O6S. The lowest BCUT2D eigenvalue weighted by Gasteiger charge is -2.26. The second-order valence-electron chi connectivity index (χ2n) is 8.24. The summed E-state index contributed by atoms with van der Waals surface area (Å²) in [5.41, 5.74) is -2.27. The fourth-order valence-electron chi connectivity index (χ4n) is 4.02. The fourth-order valence-corrected chi connectivity index (χ4v) is 5.88. The topological polar surface area (TPSA) is 96.2 Å². The third-order valence-corrected chi connectivity index (χ3v) is 7.61. The van der Waals surface area contributed by atoms with Crippen LogP contribution in [0.1, 0.15) is 31.0 Å². The van der Waals surface area contributed by atoms with Crippen molar-refractivity contribution < 1.29 is 37.0 Å². The highest BCUT2D eigenvalue weighted by Crippen LogP contribution is 2.39. The number of methoxy groups -OCH3 is 1. The molecule has 40 heavy (non-hydrogen) atoms. The highest BCUT2D eigenvalue weighted by atomic mass is 127. The van der Waals surface area contributed by atoms with Crippen LogP contribution >= 0.6 is 45.5 Å². The Bertz CT molecular complexity index is 1710. The summed E-state index contributed by atoms with van der Waals surface area (Å²) in [7, 11) is 1.37. The third kappa shape index (κ3) is 5.95. The number of benzene rings is 2. The molecular weight excluding hydrogens is 688 g/mol. The van der Waals surface area contributed by atoms with Gasteiger partial charge in [0.1, 0.15) is 0 Å². The first-order valence-electron chi connectivity index (χ1n) is 11.5. The summed E-state index contributed by atoms with van der Waals surface area (Å²) in [6, 6.07) is 7.41. The van der Waals surface area contributed by atoms with Crippen molar-refractivity contribution in [3.63, 3.8) is 0 Å². The van der Waals surface area contributed by atoms with Gasteiger partial charge >= 0.3 is 18.1 Å². The lowest BCUT2D eigenvalue weighted by atomic mass is 9.95. The lowest BCUT2D eigenvalue weighted by Crippen LogP contribution is -2.41. The zero-order valence-corrected chi connectivity index (χ0v) is 24.7. The van der Waals surface area contributed by atoms with Crippen LogP contribution in [-0.4, -0.2) is 36.4 Å². The molecule has 2 heterocycles. The van der Waals surface area contributed by atoms with Gasteiger partial charge in [-0.05, 0) is 71.0 Å². The molecule has 2 aromatic carbocycles. The van der Waals surface area contributed by atoms with Crippen molar-refractivity contribution in [3.05, 3.63) is 87.1 Å². The number of nitrogens with zero attached hydrogens (tertiary/aromatic N) is 2. The molecule has 210 valence electrons. The van der Waals surface area contributed by atoms with Gasteiger partial charge in [0.05, 0.1) is 33.4 Å². The maximum Gasteiger partial charge on any atom is 0.434 e. The maximum atomic E-state index is 14.2. The van der Waals surface area contributed by atoms with E-state index in [0.29, 0.717) is 14.2 Å². The van der Waals surface area contributed by atoms with Crippen molar-refractivity contribution in [3.8, 4) is 11.5 Å². The molecule has 0 bridgehead atoms. The van der Waals surface area contributed by atoms with E-state index in [1.54, 1.807) is 6.07 Å². The van der Waals surface area contributed by atoms with Crippen LogP contribution in [0.2, 0.25) is 5.02 Å². The first-order valence-corrected chi connectivity index (χ1v) is 13.7. The van der Waals surface area contributed by atoms with Crippen LogP contribution in [0.15, 0.2) is 57.5 Å². The quantitative estimate of drug-likeness (QED) is 0.213. The first kappa shape index (κ1) is 29.8. The number of thiazole rings is 1. The highest BCUT2D eigenvalue weighted by molar-refractivity contribution is 14.1. The van der Waals surface area contributed by atoms with Gasteiger partial charge in [-0.3, -0.25) is 14.2 Å². The average Bonchev–Trinajstić information content (AvgIpc) is 3.19. The SMILES string of the molecule is CCOC(=O)C1=C(C(F)(F)F)N=c2s/c(=C\c3cc(I)c(OC(C)=O)c(OC)c3)c(=O)n2[C@@H]1c1ccc(Cl)cc1. The fraction of sp³-hybridized carbons (Fsp3) is 0.231. The van der Waals surface area contributed by atoms with E-state index in [1.807, 2.05) is 22.6 Å². The van der Waals surface area contributed by atoms with Crippen molar-refractivity contribution in [1.82, 2.24) is 4.57 Å². The summed E-state index contributed by atoms with van der Waals surface area (Å²) >= 11 is 8.65. The van der Waals surface area contributed by atoms with Gasteiger partial charge < -0.3 is 14.2 Å². The number of hydrogen-bond acceptors (Lipinski definition) is 8. The van der Waals surface area contributed by atoms with Crippen LogP contribution < -0.4 is 24.4 Å². The number of rotatable bonds is 6. The van der Waals surface area contributed by atoms with Gasteiger partial charge in [-0.25, -0.2) is 9.79 Å². The normalized spacial score (nSPS) is 15.4. The Morgan fingerprint density at radius 1 is 1.23 bits per heavy atom. The van der Waals surface area contributed by atoms with Gasteiger partial charge in [0.2, 0.25) is 0 Å². The number of carbonyl (C=O) groups is 2. The Morgan fingerprint density at radius 2 is 1.90 bits per heavy atom. The Balaban J connectivity index is 2.00. The van der Waals surface area contributed by atoms with E-state index < -0.39 is 41.0 Å². The predicted molar refractivity (Wildman–Crippen MR) is 149 cm³/mol. The number of aromatic nitrogens is 1. The molecule has 1 aliphatic rings. The minimum absolute atomic E-state index is 0.0439. The molecule has 0 saturated carbocycles. The number of halogens is 5. The molecule has 1 aromatic heterocycles. The maximum absolute atomic E-state index is 14.2. The standard InChI is InChI=1S/C26H19ClF3IN2O6S/c1-4-38-24(36)19-20(14-5-7-15(27)8-6-14)33-23(35)18(40-25(33)32-22(19)26(28,29)30)11-13-9-16(31)21(39-12(2)34)17(10-13)37-3/h5-11,20H,4H2,1-3H3/b18-11-/t20-/m1/s1. The average molecular weight is 707 g/mol. The van der Waals surface area contributed by atoms with E-state index in [-0.39, 0.29) is 33.0 Å². The monoisotopic (exact) mass is 706 g/mol. The van der Waals surface area contributed by atoms with Crippen LogP contribution in [0.4, 0.5) is 13.2 Å². The van der Waals surface area contributed by atoms with E-state index in [1.165, 1.54) is 57.4 Å². The molecule has 14 heteroatoms. The number of carbonyl (C=O) groups excluding carboxylic acids is 2.